The third kappa shape index (κ3) is 4.02. The van der Waals surface area contributed by atoms with Gasteiger partial charge in [0.2, 0.25) is 0 Å². The predicted octanol–water partition coefficient (Wildman–Crippen LogP) is 5.28. The van der Waals surface area contributed by atoms with Gasteiger partial charge in [0.05, 0.1) is 21.8 Å². The second-order valence-electron chi connectivity index (χ2n) is 7.58. The molecule has 3 heterocycles. The Bertz CT molecular complexity index is 1510. The summed E-state index contributed by atoms with van der Waals surface area (Å²) < 4.78 is 1.94. The molecule has 0 aliphatic rings. The average Bonchev–Trinajstić information content (AvgIpc) is 3.24. The highest BCUT2D eigenvalue weighted by Gasteiger charge is 2.13. The number of carbonyl (C=O) groups is 1. The highest BCUT2D eigenvalue weighted by molar-refractivity contribution is 6.34. The number of amides is 1. The normalized spacial score (nSPS) is 11.0. The van der Waals surface area contributed by atoms with Crippen molar-refractivity contribution in [2.45, 2.75) is 6.92 Å². The second-order valence-corrected chi connectivity index (χ2v) is 7.99. The Kier molecular flexibility index (Phi) is 5.24. The van der Waals surface area contributed by atoms with Crippen LogP contribution in [0.25, 0.3) is 28.0 Å². The molecule has 8 heteroatoms. The summed E-state index contributed by atoms with van der Waals surface area (Å²) in [5.41, 5.74) is 10.6. The van der Waals surface area contributed by atoms with Crippen molar-refractivity contribution in [2.24, 2.45) is 0 Å². The number of nitrogens with two attached hydrogens (primary N) is 1. The van der Waals surface area contributed by atoms with E-state index >= 15 is 0 Å². The molecule has 5 aromatic rings. The molecule has 162 valence electrons. The minimum Gasteiger partial charge on any atom is -0.384 e. The molecular weight excluding hydrogens is 436 g/mol. The largest absolute Gasteiger partial charge is 0.384 e. The first-order chi connectivity index (χ1) is 16.0. The monoisotopic (exact) mass is 454 g/mol. The van der Waals surface area contributed by atoms with Crippen molar-refractivity contribution in [1.82, 2.24) is 19.5 Å². The Morgan fingerprint density at radius 2 is 1.88 bits per heavy atom. The number of nitrogens with one attached hydrogen (secondary N) is 1. The Morgan fingerprint density at radius 3 is 2.70 bits per heavy atom. The number of pyridine rings is 1. The van der Waals surface area contributed by atoms with Gasteiger partial charge in [0.15, 0.2) is 0 Å². The van der Waals surface area contributed by atoms with E-state index in [4.69, 9.17) is 17.3 Å². The predicted molar refractivity (Wildman–Crippen MR) is 131 cm³/mol. The van der Waals surface area contributed by atoms with Crippen molar-refractivity contribution in [3.8, 4) is 17.1 Å². The molecule has 0 spiro atoms. The van der Waals surface area contributed by atoms with Gasteiger partial charge >= 0.3 is 0 Å². The molecule has 0 atom stereocenters. The Balaban J connectivity index is 1.53. The highest BCUT2D eigenvalue weighted by Crippen LogP contribution is 2.29. The lowest BCUT2D eigenvalue weighted by Gasteiger charge is -2.12. The average molecular weight is 455 g/mol. The van der Waals surface area contributed by atoms with E-state index in [1.165, 1.54) is 6.33 Å². The molecule has 0 saturated heterocycles. The van der Waals surface area contributed by atoms with Crippen molar-refractivity contribution in [3.05, 3.63) is 95.5 Å². The second kappa shape index (κ2) is 8.37. The van der Waals surface area contributed by atoms with E-state index in [9.17, 15) is 4.79 Å². The van der Waals surface area contributed by atoms with Crippen LogP contribution in [0.1, 0.15) is 15.9 Å². The number of benzene rings is 2. The number of aromatic nitrogens is 4. The molecule has 5 rings (SSSR count). The zero-order valence-corrected chi connectivity index (χ0v) is 18.4. The Morgan fingerprint density at radius 1 is 1.03 bits per heavy atom. The first-order valence-corrected chi connectivity index (χ1v) is 10.6. The Labute approximate surface area is 194 Å². The van der Waals surface area contributed by atoms with Gasteiger partial charge in [-0.1, -0.05) is 29.8 Å². The summed E-state index contributed by atoms with van der Waals surface area (Å²) in [7, 11) is 0. The first kappa shape index (κ1) is 20.7. The molecular formula is C25H19ClN6O. The Hall–Kier alpha value is -4.23. The van der Waals surface area contributed by atoms with Gasteiger partial charge in [-0.15, -0.1) is 0 Å². The number of nitrogen functional groups attached to an aromatic ring is 1. The van der Waals surface area contributed by atoms with Gasteiger partial charge < -0.3 is 15.6 Å². The topological polar surface area (TPSA) is 98.7 Å². The maximum absolute atomic E-state index is 12.7. The number of hydrogen-bond acceptors (Lipinski definition) is 5. The lowest BCUT2D eigenvalue weighted by molar-refractivity contribution is 0.102. The number of rotatable bonds is 4. The molecule has 0 aliphatic heterocycles. The summed E-state index contributed by atoms with van der Waals surface area (Å²) in [6.07, 6.45) is 5.18. The fourth-order valence-corrected chi connectivity index (χ4v) is 3.91. The van der Waals surface area contributed by atoms with Crippen molar-refractivity contribution in [3.63, 3.8) is 0 Å². The van der Waals surface area contributed by atoms with Gasteiger partial charge in [-0.3, -0.25) is 9.78 Å². The molecule has 1 amide bonds. The first-order valence-electron chi connectivity index (χ1n) is 10.2. The number of nitrogens with zero attached hydrogens (tertiary/aromatic N) is 4. The SMILES string of the molecule is Cc1ccc(NC(=O)c2ccccc2Cl)cc1-c1cc2c(ccn2-c2cc(N)ncn2)cn1. The van der Waals surface area contributed by atoms with Crippen molar-refractivity contribution in [2.75, 3.05) is 11.1 Å². The van der Waals surface area contributed by atoms with E-state index in [-0.39, 0.29) is 5.91 Å². The van der Waals surface area contributed by atoms with Gasteiger partial charge in [0, 0.05) is 35.1 Å². The van der Waals surface area contributed by atoms with Crippen LogP contribution in [0.5, 0.6) is 0 Å². The quantitative estimate of drug-likeness (QED) is 0.385. The number of hydrogen-bond donors (Lipinski definition) is 2. The van der Waals surface area contributed by atoms with Crippen LogP contribution in [0.2, 0.25) is 5.02 Å². The van der Waals surface area contributed by atoms with E-state index in [0.717, 1.165) is 27.7 Å². The minimum atomic E-state index is -0.269. The summed E-state index contributed by atoms with van der Waals surface area (Å²) >= 11 is 6.17. The van der Waals surface area contributed by atoms with Crippen molar-refractivity contribution >= 4 is 39.9 Å². The summed E-state index contributed by atoms with van der Waals surface area (Å²) in [4.78, 5) is 25.6. The molecule has 0 aliphatic carbocycles. The zero-order chi connectivity index (χ0) is 22.9. The number of carbonyl (C=O) groups excluding carboxylic acids is 1. The summed E-state index contributed by atoms with van der Waals surface area (Å²) in [5.74, 6) is 0.801. The minimum absolute atomic E-state index is 0.269. The lowest BCUT2D eigenvalue weighted by atomic mass is 10.0. The fourth-order valence-electron chi connectivity index (χ4n) is 3.69. The summed E-state index contributed by atoms with van der Waals surface area (Å²) in [5, 5.41) is 4.30. The fraction of sp³-hybridized carbons (Fsp3) is 0.0400. The van der Waals surface area contributed by atoms with E-state index in [1.807, 2.05) is 54.2 Å². The maximum atomic E-state index is 12.7. The molecule has 2 aromatic carbocycles. The molecule has 0 bridgehead atoms. The van der Waals surface area contributed by atoms with E-state index < -0.39 is 0 Å². The number of aryl methyl sites for hydroxylation is 1. The van der Waals surface area contributed by atoms with Crippen LogP contribution in [0.3, 0.4) is 0 Å². The van der Waals surface area contributed by atoms with E-state index in [2.05, 4.69) is 20.3 Å². The van der Waals surface area contributed by atoms with Crippen LogP contribution < -0.4 is 11.1 Å². The van der Waals surface area contributed by atoms with Crippen molar-refractivity contribution in [1.29, 1.82) is 0 Å². The van der Waals surface area contributed by atoms with Crippen LogP contribution in [-0.2, 0) is 0 Å². The molecule has 33 heavy (non-hydrogen) atoms. The van der Waals surface area contributed by atoms with Crippen LogP contribution in [0.15, 0.2) is 79.4 Å². The highest BCUT2D eigenvalue weighted by atomic mass is 35.5. The van der Waals surface area contributed by atoms with Gasteiger partial charge in [-0.2, -0.15) is 0 Å². The number of fused-ring (bicyclic) bond motifs is 1. The van der Waals surface area contributed by atoms with Gasteiger partial charge in [-0.05, 0) is 48.9 Å². The summed E-state index contributed by atoms with van der Waals surface area (Å²) in [6.45, 7) is 2.01. The third-order valence-electron chi connectivity index (χ3n) is 5.39. The van der Waals surface area contributed by atoms with Gasteiger partial charge in [0.1, 0.15) is 18.0 Å². The van der Waals surface area contributed by atoms with Crippen LogP contribution in [0.4, 0.5) is 11.5 Å². The van der Waals surface area contributed by atoms with E-state index in [1.54, 1.807) is 30.3 Å². The van der Waals surface area contributed by atoms with Crippen LogP contribution in [0, 0.1) is 6.92 Å². The summed E-state index contributed by atoms with van der Waals surface area (Å²) in [6, 6.07) is 18.4. The number of anilines is 2. The molecule has 0 saturated carbocycles. The van der Waals surface area contributed by atoms with Crippen molar-refractivity contribution < 1.29 is 4.79 Å². The van der Waals surface area contributed by atoms with Crippen LogP contribution in [-0.4, -0.2) is 25.4 Å². The smallest absolute Gasteiger partial charge is 0.257 e. The molecule has 7 nitrogen and oxygen atoms in total. The maximum Gasteiger partial charge on any atom is 0.257 e. The third-order valence-corrected chi connectivity index (χ3v) is 5.71. The zero-order valence-electron chi connectivity index (χ0n) is 17.7. The molecule has 3 aromatic heterocycles. The van der Waals surface area contributed by atoms with Crippen LogP contribution >= 0.6 is 11.6 Å². The molecule has 3 N–H and O–H groups in total. The number of halogens is 1. The standard InChI is InChI=1S/C25H19ClN6O/c1-15-6-7-17(31-25(33)18-4-2-3-5-20(18)26)10-19(15)21-11-22-16(13-28-21)8-9-32(22)24-12-23(27)29-14-30-24/h2-14H,1H3,(H,31,33)(H2,27,29,30). The molecule has 0 fully saturated rings. The molecule has 0 unspecified atom stereocenters. The lowest BCUT2D eigenvalue weighted by Crippen LogP contribution is -2.12. The van der Waals surface area contributed by atoms with E-state index in [0.29, 0.717) is 27.9 Å². The van der Waals surface area contributed by atoms with Gasteiger partial charge in [-0.25, -0.2) is 9.97 Å². The van der Waals surface area contributed by atoms with Gasteiger partial charge in [0.25, 0.3) is 5.91 Å². The molecule has 0 radical (unpaired) electrons.